The third-order valence-corrected chi connectivity index (χ3v) is 2.49. The standard InChI is InChI=1S/C12H18FN/c1-3-4-5-12(14)10-7-6-9(2)11(13)8-10/h6-8,12H,3-5,14H2,1-2H3. The van der Waals surface area contributed by atoms with Crippen molar-refractivity contribution in [2.75, 3.05) is 0 Å². The lowest BCUT2D eigenvalue weighted by atomic mass is 10.0. The molecule has 0 aromatic heterocycles. The van der Waals surface area contributed by atoms with E-state index in [1.54, 1.807) is 19.1 Å². The van der Waals surface area contributed by atoms with Crippen molar-refractivity contribution < 1.29 is 4.39 Å². The quantitative estimate of drug-likeness (QED) is 0.783. The average molecular weight is 195 g/mol. The van der Waals surface area contributed by atoms with E-state index in [1.807, 2.05) is 6.07 Å². The SMILES string of the molecule is CCCCC(N)c1ccc(C)c(F)c1. The maximum absolute atomic E-state index is 13.2. The van der Waals surface area contributed by atoms with Gasteiger partial charge in [0.25, 0.3) is 0 Å². The van der Waals surface area contributed by atoms with Crippen LogP contribution in [0.5, 0.6) is 0 Å². The van der Waals surface area contributed by atoms with E-state index in [2.05, 4.69) is 6.92 Å². The molecule has 1 atom stereocenters. The minimum Gasteiger partial charge on any atom is -0.324 e. The number of halogens is 1. The summed E-state index contributed by atoms with van der Waals surface area (Å²) in [5.41, 5.74) is 7.51. The lowest BCUT2D eigenvalue weighted by Crippen LogP contribution is -2.10. The molecule has 0 amide bonds. The molecule has 1 unspecified atom stereocenters. The Morgan fingerprint density at radius 3 is 2.71 bits per heavy atom. The summed E-state index contributed by atoms with van der Waals surface area (Å²) < 4.78 is 13.2. The molecular weight excluding hydrogens is 177 g/mol. The number of aryl methyl sites for hydroxylation is 1. The van der Waals surface area contributed by atoms with Gasteiger partial charge in [0.1, 0.15) is 5.82 Å². The molecule has 2 heteroatoms. The Morgan fingerprint density at radius 1 is 1.43 bits per heavy atom. The Bertz CT molecular complexity index is 296. The van der Waals surface area contributed by atoms with E-state index < -0.39 is 0 Å². The molecule has 0 saturated heterocycles. The van der Waals surface area contributed by atoms with Crippen LogP contribution in [0.1, 0.15) is 43.4 Å². The zero-order valence-electron chi connectivity index (χ0n) is 8.89. The van der Waals surface area contributed by atoms with Gasteiger partial charge in [0.05, 0.1) is 0 Å². The van der Waals surface area contributed by atoms with Gasteiger partial charge in [-0.1, -0.05) is 31.9 Å². The first-order valence-corrected chi connectivity index (χ1v) is 5.16. The molecule has 0 spiro atoms. The van der Waals surface area contributed by atoms with Crippen molar-refractivity contribution in [2.45, 2.75) is 39.2 Å². The Balaban J connectivity index is 2.70. The van der Waals surface area contributed by atoms with Crippen LogP contribution in [-0.2, 0) is 0 Å². The van der Waals surface area contributed by atoms with E-state index in [-0.39, 0.29) is 11.9 Å². The zero-order valence-corrected chi connectivity index (χ0v) is 8.89. The summed E-state index contributed by atoms with van der Waals surface area (Å²) in [6, 6.07) is 5.23. The Labute approximate surface area is 85.1 Å². The van der Waals surface area contributed by atoms with Crippen LogP contribution in [0, 0.1) is 12.7 Å². The lowest BCUT2D eigenvalue weighted by Gasteiger charge is -2.11. The summed E-state index contributed by atoms with van der Waals surface area (Å²) in [7, 11) is 0. The van der Waals surface area contributed by atoms with E-state index in [0.29, 0.717) is 5.56 Å². The molecule has 1 rings (SSSR count). The number of hydrogen-bond donors (Lipinski definition) is 1. The van der Waals surface area contributed by atoms with Crippen molar-refractivity contribution in [3.05, 3.63) is 35.1 Å². The smallest absolute Gasteiger partial charge is 0.126 e. The Morgan fingerprint density at radius 2 is 2.14 bits per heavy atom. The molecule has 2 N–H and O–H groups in total. The van der Waals surface area contributed by atoms with Crippen LogP contribution < -0.4 is 5.73 Å². The molecule has 0 aliphatic heterocycles. The van der Waals surface area contributed by atoms with Gasteiger partial charge in [-0.25, -0.2) is 4.39 Å². The van der Waals surface area contributed by atoms with E-state index in [0.717, 1.165) is 24.8 Å². The highest BCUT2D eigenvalue weighted by Crippen LogP contribution is 2.19. The summed E-state index contributed by atoms with van der Waals surface area (Å²) in [6.07, 6.45) is 3.15. The van der Waals surface area contributed by atoms with E-state index >= 15 is 0 Å². The molecule has 0 aliphatic rings. The first-order valence-electron chi connectivity index (χ1n) is 5.16. The highest BCUT2D eigenvalue weighted by atomic mass is 19.1. The van der Waals surface area contributed by atoms with Gasteiger partial charge in [-0.2, -0.15) is 0 Å². The molecule has 0 heterocycles. The van der Waals surface area contributed by atoms with Crippen molar-refractivity contribution >= 4 is 0 Å². The topological polar surface area (TPSA) is 26.0 Å². The highest BCUT2D eigenvalue weighted by molar-refractivity contribution is 5.25. The maximum atomic E-state index is 13.2. The van der Waals surface area contributed by atoms with Crippen LogP contribution >= 0.6 is 0 Å². The second kappa shape index (κ2) is 5.11. The molecule has 1 aromatic rings. The van der Waals surface area contributed by atoms with E-state index in [9.17, 15) is 4.39 Å². The summed E-state index contributed by atoms with van der Waals surface area (Å²) >= 11 is 0. The van der Waals surface area contributed by atoms with Gasteiger partial charge >= 0.3 is 0 Å². The van der Waals surface area contributed by atoms with Crippen LogP contribution in [0.4, 0.5) is 4.39 Å². The molecule has 0 fully saturated rings. The van der Waals surface area contributed by atoms with Gasteiger partial charge in [0, 0.05) is 6.04 Å². The molecule has 78 valence electrons. The van der Waals surface area contributed by atoms with Crippen LogP contribution in [0.2, 0.25) is 0 Å². The number of nitrogens with two attached hydrogens (primary N) is 1. The number of benzene rings is 1. The summed E-state index contributed by atoms with van der Waals surface area (Å²) in [5, 5.41) is 0. The fourth-order valence-corrected chi connectivity index (χ4v) is 1.43. The van der Waals surface area contributed by atoms with Crippen LogP contribution in [0.25, 0.3) is 0 Å². The van der Waals surface area contributed by atoms with Gasteiger partial charge < -0.3 is 5.73 Å². The number of rotatable bonds is 4. The van der Waals surface area contributed by atoms with Gasteiger partial charge in [0.2, 0.25) is 0 Å². The summed E-state index contributed by atoms with van der Waals surface area (Å²) in [5.74, 6) is -0.158. The Kier molecular flexibility index (Phi) is 4.08. The van der Waals surface area contributed by atoms with Gasteiger partial charge in [-0.05, 0) is 30.5 Å². The minimum absolute atomic E-state index is 0.0231. The molecule has 14 heavy (non-hydrogen) atoms. The summed E-state index contributed by atoms with van der Waals surface area (Å²) in [6.45, 7) is 3.89. The van der Waals surface area contributed by atoms with E-state index in [1.165, 1.54) is 0 Å². The molecule has 0 radical (unpaired) electrons. The monoisotopic (exact) mass is 195 g/mol. The zero-order chi connectivity index (χ0) is 10.6. The molecule has 0 aliphatic carbocycles. The van der Waals surface area contributed by atoms with Gasteiger partial charge in [-0.3, -0.25) is 0 Å². The van der Waals surface area contributed by atoms with Gasteiger partial charge in [-0.15, -0.1) is 0 Å². The fourth-order valence-electron chi connectivity index (χ4n) is 1.43. The van der Waals surface area contributed by atoms with Crippen LogP contribution in [0.15, 0.2) is 18.2 Å². The third kappa shape index (κ3) is 2.81. The Hall–Kier alpha value is -0.890. The van der Waals surface area contributed by atoms with Crippen molar-refractivity contribution in [2.24, 2.45) is 5.73 Å². The second-order valence-corrected chi connectivity index (χ2v) is 3.76. The first kappa shape index (κ1) is 11.2. The molecule has 1 aromatic carbocycles. The average Bonchev–Trinajstić information content (AvgIpc) is 2.18. The van der Waals surface area contributed by atoms with Crippen molar-refractivity contribution in [3.8, 4) is 0 Å². The van der Waals surface area contributed by atoms with E-state index in [4.69, 9.17) is 5.73 Å². The normalized spacial score (nSPS) is 12.9. The number of unbranched alkanes of at least 4 members (excludes halogenated alkanes) is 1. The second-order valence-electron chi connectivity index (χ2n) is 3.76. The molecule has 0 saturated carbocycles. The largest absolute Gasteiger partial charge is 0.324 e. The molecule has 1 nitrogen and oxygen atoms in total. The predicted molar refractivity (Wildman–Crippen MR) is 57.6 cm³/mol. The van der Waals surface area contributed by atoms with Crippen molar-refractivity contribution in [1.29, 1.82) is 0 Å². The van der Waals surface area contributed by atoms with Crippen LogP contribution in [0.3, 0.4) is 0 Å². The minimum atomic E-state index is -0.158. The fraction of sp³-hybridized carbons (Fsp3) is 0.500. The van der Waals surface area contributed by atoms with Gasteiger partial charge in [0.15, 0.2) is 0 Å². The molecular formula is C12H18FN. The first-order chi connectivity index (χ1) is 6.65. The predicted octanol–water partition coefficient (Wildman–Crippen LogP) is 3.32. The maximum Gasteiger partial charge on any atom is 0.126 e. The molecule has 0 bridgehead atoms. The highest BCUT2D eigenvalue weighted by Gasteiger charge is 2.07. The van der Waals surface area contributed by atoms with Crippen molar-refractivity contribution in [3.63, 3.8) is 0 Å². The summed E-state index contributed by atoms with van der Waals surface area (Å²) in [4.78, 5) is 0. The van der Waals surface area contributed by atoms with Crippen molar-refractivity contribution in [1.82, 2.24) is 0 Å². The number of hydrogen-bond acceptors (Lipinski definition) is 1. The third-order valence-electron chi connectivity index (χ3n) is 2.49. The lowest BCUT2D eigenvalue weighted by molar-refractivity contribution is 0.585. The van der Waals surface area contributed by atoms with Crippen LogP contribution in [-0.4, -0.2) is 0 Å².